The largest absolute Gasteiger partial charge is 0.490 e. The van der Waals surface area contributed by atoms with Crippen LogP contribution in [0.15, 0.2) is 75.6 Å². The number of rotatable bonds is 12. The SMILES string of the molecule is COc1c(Nc2cc(C)[nH]n2)nc(Sc2ccc(S(=O)Cc3ccccc3)cc2)nc1N1CCC(CCN2CCN(C)CC2)CC1. The number of piperazine rings is 1. The van der Waals surface area contributed by atoms with Crippen molar-refractivity contribution in [2.45, 2.75) is 46.9 Å². The molecule has 2 fully saturated rings. The fourth-order valence-electron chi connectivity index (χ4n) is 6.00. The average molecular weight is 661 g/mol. The Morgan fingerprint density at radius 3 is 2.41 bits per heavy atom. The van der Waals surface area contributed by atoms with Gasteiger partial charge in [-0.15, -0.1) is 0 Å². The highest BCUT2D eigenvalue weighted by Crippen LogP contribution is 2.39. The van der Waals surface area contributed by atoms with Gasteiger partial charge in [0, 0.05) is 60.8 Å². The molecule has 0 saturated carbocycles. The summed E-state index contributed by atoms with van der Waals surface area (Å²) in [7, 11) is 2.76. The fraction of sp³-hybridized carbons (Fsp3) is 0.441. The number of ether oxygens (including phenoxy) is 1. The first kappa shape index (κ1) is 32.5. The summed E-state index contributed by atoms with van der Waals surface area (Å²) in [5.41, 5.74) is 2.01. The van der Waals surface area contributed by atoms with Gasteiger partial charge in [0.25, 0.3) is 0 Å². The van der Waals surface area contributed by atoms with E-state index in [4.69, 9.17) is 14.7 Å². The molecule has 2 aliphatic heterocycles. The fourth-order valence-corrected chi connectivity index (χ4v) is 7.85. The summed E-state index contributed by atoms with van der Waals surface area (Å²) < 4.78 is 18.9. The number of benzene rings is 2. The topological polar surface area (TPSA) is 103 Å². The van der Waals surface area contributed by atoms with E-state index in [0.717, 1.165) is 52.8 Å². The van der Waals surface area contributed by atoms with Crippen LogP contribution in [-0.2, 0) is 16.6 Å². The van der Waals surface area contributed by atoms with Gasteiger partial charge in [-0.1, -0.05) is 30.3 Å². The van der Waals surface area contributed by atoms with Gasteiger partial charge in [-0.2, -0.15) is 5.10 Å². The van der Waals surface area contributed by atoms with Crippen molar-refractivity contribution in [1.29, 1.82) is 0 Å². The Hall–Kier alpha value is -3.45. The Bertz CT molecular complexity index is 1580. The van der Waals surface area contributed by atoms with Crippen LogP contribution in [0.4, 0.5) is 17.5 Å². The summed E-state index contributed by atoms with van der Waals surface area (Å²) in [6.45, 7) is 9.68. The van der Waals surface area contributed by atoms with Crippen molar-refractivity contribution >= 4 is 40.0 Å². The molecule has 4 heterocycles. The van der Waals surface area contributed by atoms with Crippen LogP contribution in [0.1, 0.15) is 30.5 Å². The molecule has 2 aliphatic rings. The molecular weight excluding hydrogens is 617 g/mol. The number of anilines is 3. The molecule has 12 heteroatoms. The third-order valence-corrected chi connectivity index (χ3v) is 11.1. The molecule has 1 unspecified atom stereocenters. The molecule has 0 aliphatic carbocycles. The number of hydrogen-bond acceptors (Lipinski definition) is 10. The molecular formula is C34H44N8O2S2. The summed E-state index contributed by atoms with van der Waals surface area (Å²) in [5, 5.41) is 11.3. The van der Waals surface area contributed by atoms with Gasteiger partial charge in [0.1, 0.15) is 0 Å². The van der Waals surface area contributed by atoms with E-state index in [1.54, 1.807) is 7.11 Å². The first-order valence-corrected chi connectivity index (χ1v) is 18.2. The second kappa shape index (κ2) is 15.4. The van der Waals surface area contributed by atoms with Crippen LogP contribution in [-0.4, -0.2) is 94.1 Å². The number of aromatic nitrogens is 4. The van der Waals surface area contributed by atoms with E-state index >= 15 is 0 Å². The normalized spacial score (nSPS) is 17.2. The molecule has 0 spiro atoms. The lowest BCUT2D eigenvalue weighted by Crippen LogP contribution is -2.45. The summed E-state index contributed by atoms with van der Waals surface area (Å²) in [6.07, 6.45) is 3.51. The van der Waals surface area contributed by atoms with Crippen molar-refractivity contribution in [2.24, 2.45) is 5.92 Å². The zero-order valence-electron chi connectivity index (χ0n) is 26.9. The van der Waals surface area contributed by atoms with E-state index in [1.165, 1.54) is 50.9 Å². The second-order valence-electron chi connectivity index (χ2n) is 12.2. The predicted molar refractivity (Wildman–Crippen MR) is 186 cm³/mol. The number of piperidine rings is 1. The van der Waals surface area contributed by atoms with Gasteiger partial charge in [0.2, 0.25) is 5.75 Å². The Labute approximate surface area is 278 Å². The lowest BCUT2D eigenvalue weighted by atomic mass is 9.93. The average Bonchev–Trinajstić information content (AvgIpc) is 3.49. The Kier molecular flexibility index (Phi) is 10.9. The molecule has 2 N–H and O–H groups in total. The van der Waals surface area contributed by atoms with E-state index < -0.39 is 10.8 Å². The number of methoxy groups -OCH3 is 1. The summed E-state index contributed by atoms with van der Waals surface area (Å²) in [4.78, 5) is 19.1. The van der Waals surface area contributed by atoms with Crippen LogP contribution in [0.25, 0.3) is 0 Å². The predicted octanol–water partition coefficient (Wildman–Crippen LogP) is 5.57. The number of aromatic amines is 1. The molecule has 0 radical (unpaired) electrons. The van der Waals surface area contributed by atoms with Gasteiger partial charge in [0.05, 0.1) is 23.7 Å². The molecule has 0 bridgehead atoms. The maximum Gasteiger partial charge on any atom is 0.204 e. The second-order valence-corrected chi connectivity index (χ2v) is 14.7. The molecule has 2 aromatic carbocycles. The number of likely N-dealkylation sites (N-methyl/N-ethyl adjacent to an activating group) is 1. The molecule has 0 amide bonds. The van der Waals surface area contributed by atoms with Crippen LogP contribution in [0.3, 0.4) is 0 Å². The van der Waals surface area contributed by atoms with Crippen molar-refractivity contribution in [3.05, 3.63) is 71.9 Å². The lowest BCUT2D eigenvalue weighted by Gasteiger charge is -2.36. The van der Waals surface area contributed by atoms with Crippen molar-refractivity contribution in [1.82, 2.24) is 30.0 Å². The van der Waals surface area contributed by atoms with Gasteiger partial charge in [-0.05, 0) is 87.3 Å². The van der Waals surface area contributed by atoms with E-state index in [-0.39, 0.29) is 0 Å². The quantitative estimate of drug-likeness (QED) is 0.188. The number of aryl methyl sites for hydroxylation is 1. The van der Waals surface area contributed by atoms with Gasteiger partial charge in [0.15, 0.2) is 22.6 Å². The molecule has 2 aromatic heterocycles. The van der Waals surface area contributed by atoms with Crippen molar-refractivity contribution in [2.75, 3.05) is 70.2 Å². The maximum atomic E-state index is 13.0. The summed E-state index contributed by atoms with van der Waals surface area (Å²) in [6, 6.07) is 19.7. The highest BCUT2D eigenvalue weighted by molar-refractivity contribution is 7.99. The first-order valence-electron chi connectivity index (χ1n) is 16.0. The number of hydrogen-bond donors (Lipinski definition) is 2. The highest BCUT2D eigenvalue weighted by atomic mass is 32.2. The van der Waals surface area contributed by atoms with E-state index in [1.807, 2.05) is 67.6 Å². The maximum absolute atomic E-state index is 13.0. The lowest BCUT2D eigenvalue weighted by molar-refractivity contribution is 0.144. The first-order chi connectivity index (χ1) is 22.4. The van der Waals surface area contributed by atoms with E-state index in [9.17, 15) is 4.21 Å². The standard InChI is InChI=1S/C34H44N8O2S2/c1-25-23-30(39-38-25)35-32-31(44-3)33(42-17-14-26(15-18-42)13-16-41-21-19-40(2)20-22-41)37-34(36-32)45-28-9-11-29(12-10-28)46(43)24-27-7-5-4-6-8-27/h4-12,23,26H,13-22,24H2,1-3H3,(H2,35,36,37,38,39). The number of nitrogens with zero attached hydrogens (tertiary/aromatic N) is 6. The molecule has 1 atom stereocenters. The van der Waals surface area contributed by atoms with E-state index in [2.05, 4.69) is 37.3 Å². The van der Waals surface area contributed by atoms with Crippen LogP contribution in [0.5, 0.6) is 5.75 Å². The minimum atomic E-state index is -1.12. The van der Waals surface area contributed by atoms with Gasteiger partial charge in [-0.3, -0.25) is 9.31 Å². The molecule has 46 heavy (non-hydrogen) atoms. The van der Waals surface area contributed by atoms with Crippen LogP contribution >= 0.6 is 11.8 Å². The van der Waals surface area contributed by atoms with Crippen LogP contribution in [0, 0.1) is 12.8 Å². The molecule has 4 aromatic rings. The molecule has 244 valence electrons. The third-order valence-electron chi connectivity index (χ3n) is 8.78. The number of H-pyrrole nitrogens is 1. The smallest absolute Gasteiger partial charge is 0.204 e. The van der Waals surface area contributed by atoms with Crippen molar-refractivity contribution in [3.8, 4) is 5.75 Å². The zero-order valence-corrected chi connectivity index (χ0v) is 28.6. The van der Waals surface area contributed by atoms with Crippen molar-refractivity contribution < 1.29 is 8.95 Å². The van der Waals surface area contributed by atoms with Crippen molar-refractivity contribution in [3.63, 3.8) is 0 Å². The summed E-state index contributed by atoms with van der Waals surface area (Å²) >= 11 is 1.48. The van der Waals surface area contributed by atoms with Gasteiger partial charge in [-0.25, -0.2) is 9.97 Å². The molecule has 6 rings (SSSR count). The number of nitrogens with one attached hydrogen (secondary N) is 2. The summed E-state index contributed by atoms with van der Waals surface area (Å²) in [5.74, 6) is 3.88. The molecule has 2 saturated heterocycles. The van der Waals surface area contributed by atoms with Crippen LogP contribution in [0.2, 0.25) is 0 Å². The Balaban J connectivity index is 1.17. The highest BCUT2D eigenvalue weighted by Gasteiger charge is 2.27. The Morgan fingerprint density at radius 2 is 1.74 bits per heavy atom. The molecule has 10 nitrogen and oxygen atoms in total. The van der Waals surface area contributed by atoms with Crippen LogP contribution < -0.4 is 15.0 Å². The van der Waals surface area contributed by atoms with Gasteiger partial charge < -0.3 is 24.8 Å². The Morgan fingerprint density at radius 1 is 1.00 bits per heavy atom. The van der Waals surface area contributed by atoms with E-state index in [0.29, 0.717) is 34.2 Å². The minimum Gasteiger partial charge on any atom is -0.490 e. The minimum absolute atomic E-state index is 0.493. The zero-order chi connectivity index (χ0) is 31.9. The third kappa shape index (κ3) is 8.47. The monoisotopic (exact) mass is 660 g/mol. The van der Waals surface area contributed by atoms with Gasteiger partial charge >= 0.3 is 0 Å².